The zero-order valence-corrected chi connectivity index (χ0v) is 32.0. The first kappa shape index (κ1) is 34.1. The van der Waals surface area contributed by atoms with Crippen LogP contribution in [-0.4, -0.2) is 15.0 Å². The molecule has 0 amide bonds. The minimum atomic E-state index is 0.623. The largest absolute Gasteiger partial charge is 0.436 e. The van der Waals surface area contributed by atoms with Crippen molar-refractivity contribution in [3.05, 3.63) is 173 Å². The molecular formula is C51H41N3O. The number of benzene rings is 7. The second kappa shape index (κ2) is 13.6. The Balaban J connectivity index is 1.22. The molecule has 0 radical (unpaired) electrons. The van der Waals surface area contributed by atoms with Gasteiger partial charge in [0.15, 0.2) is 5.58 Å². The Labute approximate surface area is 322 Å². The lowest BCUT2D eigenvalue weighted by Crippen LogP contribution is -2.01. The molecule has 9 aromatic rings. The van der Waals surface area contributed by atoms with Crippen LogP contribution in [0.15, 0.2) is 144 Å². The van der Waals surface area contributed by atoms with Crippen molar-refractivity contribution in [1.82, 2.24) is 15.0 Å². The quantitative estimate of drug-likeness (QED) is 0.172. The maximum Gasteiger partial charge on any atom is 0.227 e. The summed E-state index contributed by atoms with van der Waals surface area (Å²) in [5, 5.41) is 0. The van der Waals surface area contributed by atoms with Gasteiger partial charge in [0.1, 0.15) is 5.52 Å². The van der Waals surface area contributed by atoms with Gasteiger partial charge in [-0.25, -0.2) is 15.0 Å². The van der Waals surface area contributed by atoms with Crippen LogP contribution in [0.1, 0.15) is 33.4 Å². The predicted molar refractivity (Wildman–Crippen MR) is 228 cm³/mol. The van der Waals surface area contributed by atoms with Gasteiger partial charge in [-0.05, 0) is 110 Å². The van der Waals surface area contributed by atoms with Gasteiger partial charge >= 0.3 is 0 Å². The molecule has 0 unspecified atom stereocenters. The summed E-state index contributed by atoms with van der Waals surface area (Å²) in [6, 6.07) is 49.0. The third-order valence-corrected chi connectivity index (χ3v) is 10.7. The number of rotatable bonds is 6. The van der Waals surface area contributed by atoms with Crippen LogP contribution in [0.5, 0.6) is 0 Å². The molecule has 0 fully saturated rings. The Bertz CT molecular complexity index is 2820. The maximum absolute atomic E-state index is 6.02. The first-order valence-corrected chi connectivity index (χ1v) is 18.9. The van der Waals surface area contributed by atoms with Crippen LogP contribution in [0.4, 0.5) is 0 Å². The Kier molecular flexibility index (Phi) is 8.47. The number of para-hydroxylation sites is 2. The van der Waals surface area contributed by atoms with E-state index in [2.05, 4.69) is 156 Å². The van der Waals surface area contributed by atoms with Crippen molar-refractivity contribution in [3.8, 4) is 67.3 Å². The number of oxazole rings is 1. The van der Waals surface area contributed by atoms with Crippen molar-refractivity contribution in [1.29, 1.82) is 0 Å². The molecule has 0 aliphatic rings. The molecule has 55 heavy (non-hydrogen) atoms. The molecule has 0 N–H and O–H groups in total. The van der Waals surface area contributed by atoms with E-state index >= 15 is 0 Å². The molecule has 4 heteroatoms. The topological polar surface area (TPSA) is 51.8 Å². The summed E-state index contributed by atoms with van der Waals surface area (Å²) >= 11 is 0. The van der Waals surface area contributed by atoms with Gasteiger partial charge in [0, 0.05) is 27.8 Å². The summed E-state index contributed by atoms with van der Waals surface area (Å²) < 4.78 is 6.02. The van der Waals surface area contributed by atoms with E-state index in [1.807, 2.05) is 30.3 Å². The monoisotopic (exact) mass is 711 g/mol. The van der Waals surface area contributed by atoms with Crippen LogP contribution < -0.4 is 0 Å². The van der Waals surface area contributed by atoms with E-state index in [1.54, 1.807) is 0 Å². The van der Waals surface area contributed by atoms with Crippen LogP contribution >= 0.6 is 0 Å². The highest BCUT2D eigenvalue weighted by Crippen LogP contribution is 2.42. The number of aryl methyl sites for hydroxylation is 6. The van der Waals surface area contributed by atoms with Crippen LogP contribution in [0, 0.1) is 41.5 Å². The van der Waals surface area contributed by atoms with Gasteiger partial charge in [0.05, 0.1) is 22.4 Å². The molecule has 0 atom stereocenters. The lowest BCUT2D eigenvalue weighted by Gasteiger charge is -2.20. The number of hydrogen-bond donors (Lipinski definition) is 0. The van der Waals surface area contributed by atoms with Crippen molar-refractivity contribution in [2.24, 2.45) is 0 Å². The fourth-order valence-corrected chi connectivity index (χ4v) is 8.37. The fraction of sp³-hybridized carbons (Fsp3) is 0.118. The maximum atomic E-state index is 6.02. The second-order valence-corrected chi connectivity index (χ2v) is 14.8. The summed E-state index contributed by atoms with van der Waals surface area (Å²) in [7, 11) is 0. The summed E-state index contributed by atoms with van der Waals surface area (Å²) in [4.78, 5) is 16.0. The molecular weight excluding hydrogens is 671 g/mol. The van der Waals surface area contributed by atoms with Gasteiger partial charge in [-0.2, -0.15) is 0 Å². The van der Waals surface area contributed by atoms with Crippen molar-refractivity contribution < 1.29 is 4.42 Å². The standard InChI is InChI=1S/C51H41N3O/c1-30-26-32(3)45(33(4)27-30)41-24-25-42(46-34(5)28-31(2)29-35(46)6)50-49(41)53-47(38-12-8-7-9-13-38)48(54-50)39-20-16-36(17-21-39)37-18-22-40(23-19-37)51-52-43-14-10-11-15-44(43)55-51/h7-29H,1-6H3. The van der Waals surface area contributed by atoms with Gasteiger partial charge < -0.3 is 4.42 Å². The highest BCUT2D eigenvalue weighted by molar-refractivity contribution is 6.04. The minimum absolute atomic E-state index is 0.623. The third kappa shape index (κ3) is 6.20. The van der Waals surface area contributed by atoms with E-state index in [0.717, 1.165) is 72.5 Å². The molecule has 2 aromatic heterocycles. The second-order valence-electron chi connectivity index (χ2n) is 14.8. The molecule has 2 heterocycles. The molecule has 9 rings (SSSR count). The molecule has 266 valence electrons. The van der Waals surface area contributed by atoms with Gasteiger partial charge in [-0.1, -0.05) is 126 Å². The van der Waals surface area contributed by atoms with Crippen molar-refractivity contribution >= 4 is 22.1 Å². The van der Waals surface area contributed by atoms with Crippen LogP contribution in [0.3, 0.4) is 0 Å². The van der Waals surface area contributed by atoms with Gasteiger partial charge in [0.2, 0.25) is 5.89 Å². The average molecular weight is 712 g/mol. The Hall–Kier alpha value is -6.65. The molecule has 0 bridgehead atoms. The highest BCUT2D eigenvalue weighted by Gasteiger charge is 2.22. The summed E-state index contributed by atoms with van der Waals surface area (Å²) in [6.45, 7) is 13.1. The zero-order valence-electron chi connectivity index (χ0n) is 32.0. The normalized spacial score (nSPS) is 11.5. The van der Waals surface area contributed by atoms with Crippen molar-refractivity contribution in [2.75, 3.05) is 0 Å². The molecule has 7 aromatic carbocycles. The summed E-state index contributed by atoms with van der Waals surface area (Å²) in [5.41, 5.74) is 22.5. The molecule has 0 aliphatic heterocycles. The zero-order chi connectivity index (χ0) is 37.8. The van der Waals surface area contributed by atoms with Crippen LogP contribution in [0.25, 0.3) is 89.5 Å². The third-order valence-electron chi connectivity index (χ3n) is 10.7. The minimum Gasteiger partial charge on any atom is -0.436 e. The van der Waals surface area contributed by atoms with E-state index in [4.69, 9.17) is 14.4 Å². The number of aromatic nitrogens is 3. The average Bonchev–Trinajstić information content (AvgIpc) is 3.62. The molecule has 4 nitrogen and oxygen atoms in total. The lowest BCUT2D eigenvalue weighted by atomic mass is 9.88. The van der Waals surface area contributed by atoms with Gasteiger partial charge in [-0.15, -0.1) is 0 Å². The molecule has 0 saturated heterocycles. The number of nitrogens with zero attached hydrogens (tertiary/aromatic N) is 3. The smallest absolute Gasteiger partial charge is 0.227 e. The van der Waals surface area contributed by atoms with E-state index in [1.165, 1.54) is 44.5 Å². The Morgan fingerprint density at radius 2 is 0.800 bits per heavy atom. The first-order chi connectivity index (χ1) is 26.7. The molecule has 0 aliphatic carbocycles. The SMILES string of the molecule is Cc1cc(C)c(-c2ccc(-c3c(C)cc(C)cc3C)c3nc(-c4ccc(-c5ccc(-c6nc7ccccc7o6)cc5)cc4)c(-c4ccccc4)nc23)c(C)c1. The van der Waals surface area contributed by atoms with Gasteiger partial charge in [0.25, 0.3) is 0 Å². The predicted octanol–water partition coefficient (Wildman–Crippen LogP) is 13.6. The Morgan fingerprint density at radius 1 is 0.382 bits per heavy atom. The highest BCUT2D eigenvalue weighted by atomic mass is 16.3. The fourth-order valence-electron chi connectivity index (χ4n) is 8.37. The van der Waals surface area contributed by atoms with E-state index in [-0.39, 0.29) is 0 Å². The summed E-state index contributed by atoms with van der Waals surface area (Å²) in [6.07, 6.45) is 0. The van der Waals surface area contributed by atoms with Gasteiger partial charge in [-0.3, -0.25) is 0 Å². The molecule has 0 spiro atoms. The van der Waals surface area contributed by atoms with E-state index in [0.29, 0.717) is 5.89 Å². The number of hydrogen-bond acceptors (Lipinski definition) is 4. The van der Waals surface area contributed by atoms with E-state index < -0.39 is 0 Å². The van der Waals surface area contributed by atoms with Crippen molar-refractivity contribution in [3.63, 3.8) is 0 Å². The molecule has 0 saturated carbocycles. The Morgan fingerprint density at radius 3 is 1.29 bits per heavy atom. The number of fused-ring (bicyclic) bond motifs is 2. The van der Waals surface area contributed by atoms with Crippen LogP contribution in [-0.2, 0) is 0 Å². The van der Waals surface area contributed by atoms with Crippen molar-refractivity contribution in [2.45, 2.75) is 41.5 Å². The van der Waals surface area contributed by atoms with Crippen LogP contribution in [0.2, 0.25) is 0 Å². The summed E-state index contributed by atoms with van der Waals surface area (Å²) in [5.74, 6) is 0.623. The first-order valence-electron chi connectivity index (χ1n) is 18.9. The lowest BCUT2D eigenvalue weighted by molar-refractivity contribution is 0.620. The van der Waals surface area contributed by atoms with E-state index in [9.17, 15) is 0 Å².